The van der Waals surface area contributed by atoms with Crippen LogP contribution in [0.1, 0.15) is 16.1 Å². The molecule has 0 bridgehead atoms. The third kappa shape index (κ3) is 3.03. The monoisotopic (exact) mass is 304 g/mol. The molecular formula is C18H16N4O. The van der Waals surface area contributed by atoms with Gasteiger partial charge in [-0.3, -0.25) is 14.8 Å². The van der Waals surface area contributed by atoms with E-state index in [0.717, 1.165) is 27.8 Å². The van der Waals surface area contributed by atoms with Crippen molar-refractivity contribution in [1.82, 2.24) is 9.97 Å². The molecule has 0 atom stereocenters. The fraction of sp³-hybridized carbons (Fsp3) is 0.0556. The molecule has 114 valence electrons. The summed E-state index contributed by atoms with van der Waals surface area (Å²) in [4.78, 5) is 19.5. The molecule has 23 heavy (non-hydrogen) atoms. The van der Waals surface area contributed by atoms with E-state index in [1.165, 1.54) is 0 Å². The molecule has 0 spiro atoms. The van der Waals surface area contributed by atoms with Crippen LogP contribution in [-0.2, 0) is 0 Å². The van der Waals surface area contributed by atoms with Crippen molar-refractivity contribution in [2.24, 2.45) is 5.73 Å². The number of benzene rings is 1. The molecule has 0 aliphatic carbocycles. The molecule has 0 saturated heterocycles. The molecule has 5 heteroatoms. The molecular weight excluding hydrogens is 288 g/mol. The maximum Gasteiger partial charge on any atom is 0.267 e. The summed E-state index contributed by atoms with van der Waals surface area (Å²) in [7, 11) is 0. The Labute approximate surface area is 134 Å². The molecule has 0 unspecified atom stereocenters. The lowest BCUT2D eigenvalue weighted by molar-refractivity contribution is 0.0995. The van der Waals surface area contributed by atoms with Gasteiger partial charge in [0.25, 0.3) is 5.91 Å². The Bertz CT molecular complexity index is 890. The fourth-order valence-corrected chi connectivity index (χ4v) is 2.44. The predicted molar refractivity (Wildman–Crippen MR) is 90.6 cm³/mol. The average Bonchev–Trinajstić information content (AvgIpc) is 2.57. The topological polar surface area (TPSA) is 94.9 Å². The number of amides is 1. The van der Waals surface area contributed by atoms with Crippen LogP contribution in [0.3, 0.4) is 0 Å². The Morgan fingerprint density at radius 2 is 1.78 bits per heavy atom. The Morgan fingerprint density at radius 3 is 2.57 bits per heavy atom. The van der Waals surface area contributed by atoms with Gasteiger partial charge in [-0.25, -0.2) is 0 Å². The number of hydrogen-bond acceptors (Lipinski definition) is 4. The molecule has 0 aliphatic rings. The number of nitrogens with zero attached hydrogens (tertiary/aromatic N) is 2. The van der Waals surface area contributed by atoms with Gasteiger partial charge in [-0.1, -0.05) is 6.07 Å². The summed E-state index contributed by atoms with van der Waals surface area (Å²) < 4.78 is 0. The van der Waals surface area contributed by atoms with Crippen LogP contribution in [0.2, 0.25) is 0 Å². The molecule has 1 amide bonds. The summed E-state index contributed by atoms with van der Waals surface area (Å²) in [6.45, 7) is 2.03. The van der Waals surface area contributed by atoms with E-state index in [0.29, 0.717) is 5.69 Å². The van der Waals surface area contributed by atoms with Crippen LogP contribution in [0.4, 0.5) is 5.69 Å². The Morgan fingerprint density at radius 1 is 1.00 bits per heavy atom. The van der Waals surface area contributed by atoms with Crippen LogP contribution in [0.5, 0.6) is 0 Å². The smallest absolute Gasteiger partial charge is 0.267 e. The lowest BCUT2D eigenvalue weighted by Gasteiger charge is -2.09. The van der Waals surface area contributed by atoms with E-state index >= 15 is 0 Å². The van der Waals surface area contributed by atoms with E-state index in [1.807, 2.05) is 37.3 Å². The number of pyridine rings is 2. The standard InChI is InChI=1S/C18H16N4O/c1-11-2-3-15(19)8-16(11)14-6-13(9-21-10-14)12-4-5-22-17(7-12)18(20)23/h2-10H,19H2,1H3,(H2,20,23). The van der Waals surface area contributed by atoms with Crippen molar-refractivity contribution in [3.63, 3.8) is 0 Å². The molecule has 0 fully saturated rings. The zero-order chi connectivity index (χ0) is 16.4. The molecule has 0 saturated carbocycles. The first-order chi connectivity index (χ1) is 11.0. The van der Waals surface area contributed by atoms with Crippen molar-refractivity contribution in [2.75, 3.05) is 5.73 Å². The summed E-state index contributed by atoms with van der Waals surface area (Å²) >= 11 is 0. The van der Waals surface area contributed by atoms with Gasteiger partial charge in [-0.05, 0) is 53.9 Å². The highest BCUT2D eigenvalue weighted by Crippen LogP contribution is 2.28. The van der Waals surface area contributed by atoms with E-state index in [2.05, 4.69) is 9.97 Å². The van der Waals surface area contributed by atoms with Gasteiger partial charge < -0.3 is 11.5 Å². The summed E-state index contributed by atoms with van der Waals surface area (Å²) in [5, 5.41) is 0. The lowest BCUT2D eigenvalue weighted by atomic mass is 9.98. The van der Waals surface area contributed by atoms with E-state index in [9.17, 15) is 4.79 Å². The van der Waals surface area contributed by atoms with E-state index < -0.39 is 5.91 Å². The number of primary amides is 1. The second kappa shape index (κ2) is 5.88. The number of anilines is 1. The van der Waals surface area contributed by atoms with Crippen molar-refractivity contribution in [2.45, 2.75) is 6.92 Å². The van der Waals surface area contributed by atoms with Crippen molar-refractivity contribution >= 4 is 11.6 Å². The van der Waals surface area contributed by atoms with Gasteiger partial charge in [-0.15, -0.1) is 0 Å². The SMILES string of the molecule is Cc1ccc(N)cc1-c1cncc(-c2ccnc(C(N)=O)c2)c1. The highest BCUT2D eigenvalue weighted by atomic mass is 16.1. The summed E-state index contributed by atoms with van der Waals surface area (Å²) in [6, 6.07) is 11.3. The number of nitrogens with two attached hydrogens (primary N) is 2. The van der Waals surface area contributed by atoms with Crippen molar-refractivity contribution < 1.29 is 4.79 Å². The largest absolute Gasteiger partial charge is 0.399 e. The Balaban J connectivity index is 2.08. The van der Waals surface area contributed by atoms with Crippen LogP contribution in [-0.4, -0.2) is 15.9 Å². The van der Waals surface area contributed by atoms with E-state index in [1.54, 1.807) is 24.7 Å². The highest BCUT2D eigenvalue weighted by Gasteiger charge is 2.08. The highest BCUT2D eigenvalue weighted by molar-refractivity contribution is 5.92. The van der Waals surface area contributed by atoms with E-state index in [4.69, 9.17) is 11.5 Å². The van der Waals surface area contributed by atoms with Crippen LogP contribution in [0.25, 0.3) is 22.3 Å². The lowest BCUT2D eigenvalue weighted by Crippen LogP contribution is -2.12. The first-order valence-corrected chi connectivity index (χ1v) is 7.12. The van der Waals surface area contributed by atoms with Crippen LogP contribution in [0.15, 0.2) is 55.0 Å². The number of rotatable bonds is 3. The van der Waals surface area contributed by atoms with Gasteiger partial charge in [0.1, 0.15) is 5.69 Å². The minimum atomic E-state index is -0.553. The number of nitrogen functional groups attached to an aromatic ring is 1. The van der Waals surface area contributed by atoms with E-state index in [-0.39, 0.29) is 5.69 Å². The quantitative estimate of drug-likeness (QED) is 0.727. The zero-order valence-electron chi connectivity index (χ0n) is 12.7. The maximum absolute atomic E-state index is 11.3. The molecule has 3 aromatic rings. The van der Waals surface area contributed by atoms with Crippen LogP contribution >= 0.6 is 0 Å². The van der Waals surface area contributed by atoms with Crippen molar-refractivity contribution in [3.8, 4) is 22.3 Å². The molecule has 5 nitrogen and oxygen atoms in total. The van der Waals surface area contributed by atoms with Crippen LogP contribution < -0.4 is 11.5 Å². The second-order valence-corrected chi connectivity index (χ2v) is 5.33. The van der Waals surface area contributed by atoms with Crippen molar-refractivity contribution in [1.29, 1.82) is 0 Å². The molecule has 1 aromatic carbocycles. The number of carbonyl (C=O) groups excluding carboxylic acids is 1. The van der Waals surface area contributed by atoms with Gasteiger partial charge in [0.15, 0.2) is 0 Å². The zero-order valence-corrected chi connectivity index (χ0v) is 12.7. The number of aromatic nitrogens is 2. The van der Waals surface area contributed by atoms with Gasteiger partial charge in [0.05, 0.1) is 0 Å². The Hall–Kier alpha value is -3.21. The molecule has 0 aliphatic heterocycles. The predicted octanol–water partition coefficient (Wildman–Crippen LogP) is 2.80. The summed E-state index contributed by atoms with van der Waals surface area (Å²) in [5.41, 5.74) is 16.9. The summed E-state index contributed by atoms with van der Waals surface area (Å²) in [6.07, 6.45) is 5.10. The summed E-state index contributed by atoms with van der Waals surface area (Å²) in [5.74, 6) is -0.553. The molecule has 4 N–H and O–H groups in total. The van der Waals surface area contributed by atoms with Crippen LogP contribution in [0, 0.1) is 6.92 Å². The minimum Gasteiger partial charge on any atom is -0.399 e. The first-order valence-electron chi connectivity index (χ1n) is 7.12. The maximum atomic E-state index is 11.3. The van der Waals surface area contributed by atoms with Gasteiger partial charge in [0.2, 0.25) is 0 Å². The Kier molecular flexibility index (Phi) is 3.76. The fourth-order valence-electron chi connectivity index (χ4n) is 2.44. The average molecular weight is 304 g/mol. The third-order valence-corrected chi connectivity index (χ3v) is 3.66. The van der Waals surface area contributed by atoms with Gasteiger partial charge >= 0.3 is 0 Å². The number of hydrogen-bond donors (Lipinski definition) is 2. The normalized spacial score (nSPS) is 10.5. The van der Waals surface area contributed by atoms with Gasteiger partial charge in [0, 0.05) is 35.4 Å². The molecule has 3 rings (SSSR count). The molecule has 0 radical (unpaired) electrons. The first kappa shape index (κ1) is 14.7. The van der Waals surface area contributed by atoms with Gasteiger partial charge in [-0.2, -0.15) is 0 Å². The third-order valence-electron chi connectivity index (χ3n) is 3.66. The minimum absolute atomic E-state index is 0.230. The van der Waals surface area contributed by atoms with Crippen molar-refractivity contribution in [3.05, 3.63) is 66.2 Å². The number of carbonyl (C=O) groups is 1. The molecule has 2 heterocycles. The number of aryl methyl sites for hydroxylation is 1. The second-order valence-electron chi connectivity index (χ2n) is 5.33. The molecule has 2 aromatic heterocycles.